The molecule has 2 amide bonds. The van der Waals surface area contributed by atoms with Crippen LogP contribution in [0.15, 0.2) is 42.7 Å². The number of pyridine rings is 1. The van der Waals surface area contributed by atoms with Crippen LogP contribution in [0.1, 0.15) is 23.6 Å². The maximum absolute atomic E-state index is 12.9. The summed E-state index contributed by atoms with van der Waals surface area (Å²) in [6, 6.07) is 8.60. The highest BCUT2D eigenvalue weighted by Gasteiger charge is 2.33. The number of carbonyl (C=O) groups excluding carboxylic acids is 2. The van der Waals surface area contributed by atoms with Crippen LogP contribution in [0.2, 0.25) is 0 Å². The number of fused-ring (bicyclic) bond motifs is 1. The van der Waals surface area contributed by atoms with E-state index in [0.717, 1.165) is 11.1 Å². The van der Waals surface area contributed by atoms with Gasteiger partial charge in [0.2, 0.25) is 17.8 Å². The zero-order chi connectivity index (χ0) is 19.0. The lowest BCUT2D eigenvalue weighted by Crippen LogP contribution is -2.36. The molecule has 8 heteroatoms. The largest absolute Gasteiger partial charge is 0.324 e. The molecule has 1 aliphatic heterocycles. The van der Waals surface area contributed by atoms with Crippen LogP contribution in [0.3, 0.4) is 0 Å². The third-order valence-electron chi connectivity index (χ3n) is 4.42. The number of hydrogen-bond acceptors (Lipinski definition) is 5. The zero-order valence-corrected chi connectivity index (χ0v) is 14.9. The lowest BCUT2D eigenvalue weighted by molar-refractivity contribution is -0.125. The molecule has 136 valence electrons. The molecule has 0 bridgehead atoms. The number of nitrogens with zero attached hydrogens (tertiary/aromatic N) is 4. The number of benzene rings is 1. The SMILES string of the molecule is Cc1ccc(NC(=O)[C@H]2CC(=O)Nc3nc(-c4cccnc4)nn32)c(C)c1. The third kappa shape index (κ3) is 3.29. The minimum absolute atomic E-state index is 0.000415. The average molecular weight is 362 g/mol. The first-order valence-corrected chi connectivity index (χ1v) is 8.56. The molecular weight excluding hydrogens is 344 g/mol. The highest BCUT2D eigenvalue weighted by atomic mass is 16.2. The molecule has 0 saturated carbocycles. The number of anilines is 2. The zero-order valence-electron chi connectivity index (χ0n) is 14.9. The molecule has 2 aromatic heterocycles. The Morgan fingerprint density at radius 2 is 2.15 bits per heavy atom. The van der Waals surface area contributed by atoms with Gasteiger partial charge in [-0.3, -0.25) is 19.9 Å². The van der Waals surface area contributed by atoms with Crippen molar-refractivity contribution in [1.82, 2.24) is 19.7 Å². The summed E-state index contributed by atoms with van der Waals surface area (Å²) in [5.74, 6) is 0.0876. The van der Waals surface area contributed by atoms with Crippen LogP contribution >= 0.6 is 0 Å². The number of amides is 2. The molecular formula is C19H18N6O2. The van der Waals surface area contributed by atoms with Gasteiger partial charge >= 0.3 is 0 Å². The second-order valence-electron chi connectivity index (χ2n) is 6.52. The van der Waals surface area contributed by atoms with E-state index >= 15 is 0 Å². The lowest BCUT2D eigenvalue weighted by atomic mass is 10.1. The normalized spacial score (nSPS) is 15.8. The van der Waals surface area contributed by atoms with Crippen molar-refractivity contribution >= 4 is 23.5 Å². The van der Waals surface area contributed by atoms with Gasteiger partial charge in [0.05, 0.1) is 6.42 Å². The molecule has 1 aliphatic rings. The molecule has 0 fully saturated rings. The number of hydrogen-bond donors (Lipinski definition) is 2. The van der Waals surface area contributed by atoms with Gasteiger partial charge in [-0.15, -0.1) is 5.10 Å². The predicted octanol–water partition coefficient (Wildman–Crippen LogP) is 2.48. The van der Waals surface area contributed by atoms with Crippen molar-refractivity contribution in [3.05, 3.63) is 53.9 Å². The summed E-state index contributed by atoms with van der Waals surface area (Å²) in [6.45, 7) is 3.92. The number of carbonyl (C=O) groups is 2. The fourth-order valence-electron chi connectivity index (χ4n) is 3.05. The molecule has 0 unspecified atom stereocenters. The van der Waals surface area contributed by atoms with E-state index in [2.05, 4.69) is 25.7 Å². The molecule has 1 atom stereocenters. The smallest absolute Gasteiger partial charge is 0.249 e. The second-order valence-corrected chi connectivity index (χ2v) is 6.52. The van der Waals surface area contributed by atoms with Gasteiger partial charge in [0.25, 0.3) is 0 Å². The standard InChI is InChI=1S/C19H18N6O2/c1-11-5-6-14(12(2)8-11)21-18(27)15-9-16(26)22-19-23-17(24-25(15)19)13-4-3-7-20-10-13/h3-8,10,15H,9H2,1-2H3,(H,21,27)(H,22,23,24,26)/t15-/m1/s1. The molecule has 0 radical (unpaired) electrons. The summed E-state index contributed by atoms with van der Waals surface area (Å²) < 4.78 is 1.46. The van der Waals surface area contributed by atoms with Crippen molar-refractivity contribution in [2.75, 3.05) is 10.6 Å². The van der Waals surface area contributed by atoms with Crippen LogP contribution in [0, 0.1) is 13.8 Å². The maximum atomic E-state index is 12.9. The predicted molar refractivity (Wildman–Crippen MR) is 100 cm³/mol. The van der Waals surface area contributed by atoms with Crippen LogP contribution in [0.5, 0.6) is 0 Å². The molecule has 3 heterocycles. The second kappa shape index (κ2) is 6.64. The summed E-state index contributed by atoms with van der Waals surface area (Å²) in [5.41, 5.74) is 3.49. The Kier molecular flexibility index (Phi) is 4.15. The summed E-state index contributed by atoms with van der Waals surface area (Å²) in [5, 5.41) is 9.99. The molecule has 0 saturated heterocycles. The summed E-state index contributed by atoms with van der Waals surface area (Å²) in [6.07, 6.45) is 3.29. The number of aryl methyl sites for hydroxylation is 2. The van der Waals surface area contributed by atoms with Crippen molar-refractivity contribution in [3.63, 3.8) is 0 Å². The van der Waals surface area contributed by atoms with Gasteiger partial charge in [0.15, 0.2) is 5.82 Å². The van der Waals surface area contributed by atoms with Crippen molar-refractivity contribution < 1.29 is 9.59 Å². The fraction of sp³-hybridized carbons (Fsp3) is 0.211. The van der Waals surface area contributed by atoms with E-state index in [-0.39, 0.29) is 24.2 Å². The summed E-state index contributed by atoms with van der Waals surface area (Å²) in [4.78, 5) is 33.3. The lowest BCUT2D eigenvalue weighted by Gasteiger charge is -2.22. The highest BCUT2D eigenvalue weighted by molar-refractivity contribution is 6.01. The molecule has 8 nitrogen and oxygen atoms in total. The minimum Gasteiger partial charge on any atom is -0.324 e. The van der Waals surface area contributed by atoms with E-state index in [0.29, 0.717) is 17.1 Å². The van der Waals surface area contributed by atoms with E-state index < -0.39 is 6.04 Å². The van der Waals surface area contributed by atoms with E-state index in [1.54, 1.807) is 18.5 Å². The quantitative estimate of drug-likeness (QED) is 0.745. The Labute approximate surface area is 155 Å². The van der Waals surface area contributed by atoms with E-state index in [1.807, 2.05) is 38.1 Å². The van der Waals surface area contributed by atoms with Gasteiger partial charge in [-0.05, 0) is 37.6 Å². The Morgan fingerprint density at radius 1 is 1.30 bits per heavy atom. The highest BCUT2D eigenvalue weighted by Crippen LogP contribution is 2.27. The van der Waals surface area contributed by atoms with Gasteiger partial charge in [0, 0.05) is 23.6 Å². The molecule has 27 heavy (non-hydrogen) atoms. The topological polar surface area (TPSA) is 102 Å². The van der Waals surface area contributed by atoms with Crippen molar-refractivity contribution in [2.24, 2.45) is 0 Å². The van der Waals surface area contributed by atoms with E-state index in [9.17, 15) is 9.59 Å². The van der Waals surface area contributed by atoms with Gasteiger partial charge in [0.1, 0.15) is 6.04 Å². The monoisotopic (exact) mass is 362 g/mol. The molecule has 1 aromatic carbocycles. The van der Waals surface area contributed by atoms with Crippen molar-refractivity contribution in [1.29, 1.82) is 0 Å². The van der Waals surface area contributed by atoms with Crippen LogP contribution in [0.4, 0.5) is 11.6 Å². The first-order chi connectivity index (χ1) is 13.0. The van der Waals surface area contributed by atoms with Gasteiger partial charge in [-0.25, -0.2) is 4.68 Å². The third-order valence-corrected chi connectivity index (χ3v) is 4.42. The van der Waals surface area contributed by atoms with Crippen LogP contribution in [-0.4, -0.2) is 31.6 Å². The Hall–Kier alpha value is -3.55. The van der Waals surface area contributed by atoms with E-state index in [1.165, 1.54) is 4.68 Å². The first kappa shape index (κ1) is 16.9. The first-order valence-electron chi connectivity index (χ1n) is 8.56. The summed E-state index contributed by atoms with van der Waals surface area (Å²) >= 11 is 0. The van der Waals surface area contributed by atoms with E-state index in [4.69, 9.17) is 0 Å². The van der Waals surface area contributed by atoms with Crippen molar-refractivity contribution in [2.45, 2.75) is 26.3 Å². The summed E-state index contributed by atoms with van der Waals surface area (Å²) in [7, 11) is 0. The maximum Gasteiger partial charge on any atom is 0.249 e. The molecule has 0 spiro atoms. The minimum atomic E-state index is -0.771. The van der Waals surface area contributed by atoms with Crippen molar-refractivity contribution in [3.8, 4) is 11.4 Å². The Bertz CT molecular complexity index is 1030. The number of nitrogens with one attached hydrogen (secondary N) is 2. The number of rotatable bonds is 3. The van der Waals surface area contributed by atoms with Gasteiger partial charge < -0.3 is 5.32 Å². The Balaban J connectivity index is 1.65. The average Bonchev–Trinajstić information content (AvgIpc) is 3.08. The van der Waals surface area contributed by atoms with Gasteiger partial charge in [-0.1, -0.05) is 17.7 Å². The van der Waals surface area contributed by atoms with Gasteiger partial charge in [-0.2, -0.15) is 4.98 Å². The Morgan fingerprint density at radius 3 is 2.89 bits per heavy atom. The molecule has 4 rings (SSSR count). The molecule has 2 N–H and O–H groups in total. The van der Waals surface area contributed by atoms with Crippen LogP contribution in [-0.2, 0) is 9.59 Å². The molecule has 3 aromatic rings. The fourth-order valence-corrected chi connectivity index (χ4v) is 3.05. The van der Waals surface area contributed by atoms with Crippen LogP contribution < -0.4 is 10.6 Å². The molecule has 0 aliphatic carbocycles. The van der Waals surface area contributed by atoms with Crippen LogP contribution in [0.25, 0.3) is 11.4 Å². The number of aromatic nitrogens is 4.